The number of para-hydroxylation sites is 1. The van der Waals surface area contributed by atoms with Crippen LogP contribution in [0.25, 0.3) is 11.0 Å². The Balaban J connectivity index is 1.56. The second kappa shape index (κ2) is 7.40. The summed E-state index contributed by atoms with van der Waals surface area (Å²) in [6.07, 6.45) is 0. The van der Waals surface area contributed by atoms with Crippen LogP contribution in [0.2, 0.25) is 0 Å². The van der Waals surface area contributed by atoms with Gasteiger partial charge in [0.1, 0.15) is 22.8 Å². The first kappa shape index (κ1) is 17.5. The van der Waals surface area contributed by atoms with E-state index >= 15 is 0 Å². The summed E-state index contributed by atoms with van der Waals surface area (Å²) in [7, 11) is 0. The van der Waals surface area contributed by atoms with E-state index in [1.54, 1.807) is 36.4 Å². The van der Waals surface area contributed by atoms with Crippen LogP contribution in [-0.4, -0.2) is 5.97 Å². The molecular weight excluding hydrogens is 356 g/mol. The fourth-order valence-electron chi connectivity index (χ4n) is 2.85. The van der Waals surface area contributed by atoms with Gasteiger partial charge in [-0.15, -0.1) is 0 Å². The zero-order chi connectivity index (χ0) is 19.5. The standard InChI is InChI=1S/C23H16O5/c1-15-12-22(24)28-21-14-19(10-11-20(15)21)27-23(25)16-6-5-9-18(13-16)26-17-7-3-2-4-8-17/h2-14H,1H3. The average Bonchev–Trinajstić information content (AvgIpc) is 2.68. The Morgan fingerprint density at radius 2 is 1.61 bits per heavy atom. The lowest BCUT2D eigenvalue weighted by Crippen LogP contribution is -2.08. The van der Waals surface area contributed by atoms with Crippen molar-refractivity contribution in [1.82, 2.24) is 0 Å². The monoisotopic (exact) mass is 372 g/mol. The Morgan fingerprint density at radius 3 is 2.43 bits per heavy atom. The normalized spacial score (nSPS) is 10.6. The molecule has 0 bridgehead atoms. The van der Waals surface area contributed by atoms with Crippen LogP contribution in [0.3, 0.4) is 0 Å². The average molecular weight is 372 g/mol. The molecule has 0 aliphatic heterocycles. The molecule has 0 unspecified atom stereocenters. The van der Waals surface area contributed by atoms with Gasteiger partial charge in [-0.05, 0) is 55.0 Å². The fourth-order valence-corrected chi connectivity index (χ4v) is 2.85. The van der Waals surface area contributed by atoms with E-state index < -0.39 is 11.6 Å². The van der Waals surface area contributed by atoms with Gasteiger partial charge in [-0.1, -0.05) is 24.3 Å². The summed E-state index contributed by atoms with van der Waals surface area (Å²) >= 11 is 0. The van der Waals surface area contributed by atoms with Gasteiger partial charge in [0, 0.05) is 17.5 Å². The maximum absolute atomic E-state index is 12.5. The Bertz CT molecular complexity index is 1210. The molecule has 0 amide bonds. The lowest BCUT2D eigenvalue weighted by molar-refractivity contribution is 0.0734. The van der Waals surface area contributed by atoms with E-state index in [1.165, 1.54) is 12.1 Å². The van der Waals surface area contributed by atoms with Crippen molar-refractivity contribution in [2.75, 3.05) is 0 Å². The van der Waals surface area contributed by atoms with E-state index in [9.17, 15) is 9.59 Å². The van der Waals surface area contributed by atoms with Crippen molar-refractivity contribution in [1.29, 1.82) is 0 Å². The first-order chi connectivity index (χ1) is 13.6. The van der Waals surface area contributed by atoms with Gasteiger partial charge in [-0.25, -0.2) is 9.59 Å². The van der Waals surface area contributed by atoms with Crippen LogP contribution in [-0.2, 0) is 0 Å². The van der Waals surface area contributed by atoms with Gasteiger partial charge >= 0.3 is 11.6 Å². The highest BCUT2D eigenvalue weighted by molar-refractivity contribution is 5.92. The van der Waals surface area contributed by atoms with Crippen LogP contribution < -0.4 is 15.1 Å². The van der Waals surface area contributed by atoms with Crippen LogP contribution in [0.1, 0.15) is 15.9 Å². The number of rotatable bonds is 4. The molecule has 4 aromatic rings. The van der Waals surface area contributed by atoms with Crippen molar-refractivity contribution in [3.8, 4) is 17.2 Å². The number of hydrogen-bond acceptors (Lipinski definition) is 5. The summed E-state index contributed by atoms with van der Waals surface area (Å²) in [6, 6.07) is 22.4. The number of ether oxygens (including phenoxy) is 2. The SMILES string of the molecule is Cc1cc(=O)oc2cc(OC(=O)c3cccc(Oc4ccccc4)c3)ccc12. The third kappa shape index (κ3) is 3.78. The molecule has 3 aromatic carbocycles. The Kier molecular flexibility index (Phi) is 4.64. The molecule has 5 heteroatoms. The maximum atomic E-state index is 12.5. The summed E-state index contributed by atoms with van der Waals surface area (Å²) in [5.41, 5.74) is 1.07. The van der Waals surface area contributed by atoms with Crippen LogP contribution in [0.5, 0.6) is 17.2 Å². The predicted molar refractivity (Wildman–Crippen MR) is 105 cm³/mol. The summed E-state index contributed by atoms with van der Waals surface area (Å²) in [5, 5.41) is 0.789. The molecule has 4 rings (SSSR count). The van der Waals surface area contributed by atoms with E-state index in [2.05, 4.69) is 0 Å². The molecule has 0 aliphatic rings. The van der Waals surface area contributed by atoms with Crippen molar-refractivity contribution in [2.24, 2.45) is 0 Å². The van der Waals surface area contributed by atoms with Gasteiger partial charge in [0.15, 0.2) is 0 Å². The third-order valence-corrected chi connectivity index (χ3v) is 4.18. The summed E-state index contributed by atoms with van der Waals surface area (Å²) < 4.78 is 16.4. The fraction of sp³-hybridized carbons (Fsp3) is 0.0435. The van der Waals surface area contributed by atoms with E-state index in [0.29, 0.717) is 28.4 Å². The van der Waals surface area contributed by atoms with Crippen molar-refractivity contribution >= 4 is 16.9 Å². The van der Waals surface area contributed by atoms with Crippen molar-refractivity contribution in [3.63, 3.8) is 0 Å². The zero-order valence-corrected chi connectivity index (χ0v) is 15.0. The Labute approximate surface area is 160 Å². The summed E-state index contributed by atoms with van der Waals surface area (Å²) in [5.74, 6) is 0.960. The molecule has 5 nitrogen and oxygen atoms in total. The van der Waals surface area contributed by atoms with Gasteiger partial charge in [0.25, 0.3) is 0 Å². The van der Waals surface area contributed by atoms with Crippen molar-refractivity contribution in [2.45, 2.75) is 6.92 Å². The zero-order valence-electron chi connectivity index (χ0n) is 15.0. The smallest absolute Gasteiger partial charge is 0.343 e. The van der Waals surface area contributed by atoms with Crippen molar-refractivity contribution in [3.05, 3.63) is 100 Å². The highest BCUT2D eigenvalue weighted by Gasteiger charge is 2.12. The first-order valence-corrected chi connectivity index (χ1v) is 8.68. The van der Waals surface area contributed by atoms with E-state index in [-0.39, 0.29) is 0 Å². The highest BCUT2D eigenvalue weighted by atomic mass is 16.5. The molecule has 0 spiro atoms. The lowest BCUT2D eigenvalue weighted by atomic mass is 10.1. The molecule has 0 radical (unpaired) electrons. The molecule has 0 aliphatic carbocycles. The van der Waals surface area contributed by atoms with Gasteiger partial charge in [0.05, 0.1) is 5.56 Å². The Morgan fingerprint density at radius 1 is 0.821 bits per heavy atom. The van der Waals surface area contributed by atoms with Crippen molar-refractivity contribution < 1.29 is 18.7 Å². The Hall–Kier alpha value is -3.86. The number of esters is 1. The minimum Gasteiger partial charge on any atom is -0.457 e. The van der Waals surface area contributed by atoms with Gasteiger partial charge in [0.2, 0.25) is 0 Å². The second-order valence-electron chi connectivity index (χ2n) is 6.24. The molecule has 138 valence electrons. The minimum absolute atomic E-state index is 0.292. The predicted octanol–water partition coefficient (Wildman–Crippen LogP) is 5.11. The summed E-state index contributed by atoms with van der Waals surface area (Å²) in [4.78, 5) is 24.1. The van der Waals surface area contributed by atoms with E-state index in [1.807, 2.05) is 37.3 Å². The van der Waals surface area contributed by atoms with Crippen LogP contribution >= 0.6 is 0 Å². The molecule has 0 atom stereocenters. The number of aryl methyl sites for hydroxylation is 1. The number of carbonyl (C=O) groups excluding carboxylic acids is 1. The highest BCUT2D eigenvalue weighted by Crippen LogP contribution is 2.25. The third-order valence-electron chi connectivity index (χ3n) is 4.18. The minimum atomic E-state index is -0.534. The largest absolute Gasteiger partial charge is 0.457 e. The number of hydrogen-bond donors (Lipinski definition) is 0. The van der Waals surface area contributed by atoms with Gasteiger partial charge in [-0.2, -0.15) is 0 Å². The van der Waals surface area contributed by atoms with Crippen LogP contribution in [0.4, 0.5) is 0 Å². The molecule has 28 heavy (non-hydrogen) atoms. The quantitative estimate of drug-likeness (QED) is 0.283. The van der Waals surface area contributed by atoms with E-state index in [4.69, 9.17) is 13.9 Å². The summed E-state index contributed by atoms with van der Waals surface area (Å²) in [6.45, 7) is 1.82. The molecule has 0 N–H and O–H groups in total. The van der Waals surface area contributed by atoms with Crippen LogP contribution in [0.15, 0.2) is 88.1 Å². The molecule has 0 saturated heterocycles. The molecule has 0 fully saturated rings. The first-order valence-electron chi connectivity index (χ1n) is 8.68. The van der Waals surface area contributed by atoms with Gasteiger partial charge < -0.3 is 13.9 Å². The number of carbonyl (C=O) groups is 1. The lowest BCUT2D eigenvalue weighted by Gasteiger charge is -2.08. The number of fused-ring (bicyclic) bond motifs is 1. The molecule has 1 aromatic heterocycles. The maximum Gasteiger partial charge on any atom is 0.343 e. The molecule has 1 heterocycles. The van der Waals surface area contributed by atoms with E-state index in [0.717, 1.165) is 10.9 Å². The number of benzene rings is 3. The van der Waals surface area contributed by atoms with Crippen LogP contribution in [0, 0.1) is 6.92 Å². The second-order valence-corrected chi connectivity index (χ2v) is 6.24. The molecule has 0 saturated carbocycles. The van der Waals surface area contributed by atoms with Gasteiger partial charge in [-0.3, -0.25) is 0 Å². The topological polar surface area (TPSA) is 65.7 Å². The molecular formula is C23H16O5.